The number of aromatic amines is 1. The van der Waals surface area contributed by atoms with Crippen molar-refractivity contribution >= 4 is 11.8 Å². The number of carbonyl (C=O) groups is 2. The molecule has 6 rings (SSSR count). The monoisotopic (exact) mass is 715 g/mol. The Labute approximate surface area is 311 Å². The Kier molecular flexibility index (Phi) is 11.8. The maximum atomic E-state index is 13.8. The number of hydrogen-bond donors (Lipinski definition) is 5. The number of hydrogen-bond acceptors (Lipinski definition) is 8. The first-order chi connectivity index (χ1) is 25.6. The highest BCUT2D eigenvalue weighted by molar-refractivity contribution is 5.81. The fourth-order valence-corrected chi connectivity index (χ4v) is 7.79. The quantitative estimate of drug-likeness (QED) is 0.146. The Morgan fingerprint density at radius 1 is 1.00 bits per heavy atom. The topological polar surface area (TPSA) is 133 Å². The van der Waals surface area contributed by atoms with Gasteiger partial charge in [0.15, 0.2) is 11.5 Å². The second-order valence-electron chi connectivity index (χ2n) is 14.3. The Hall–Kier alpha value is -5.62. The summed E-state index contributed by atoms with van der Waals surface area (Å²) in [5.74, 6) is 7.08. The highest BCUT2D eigenvalue weighted by Gasteiger charge is 2.36. The summed E-state index contributed by atoms with van der Waals surface area (Å²) in [5, 5.41) is 27.6. The smallest absolute Gasteiger partial charge is 0.302 e. The van der Waals surface area contributed by atoms with Crippen LogP contribution < -0.4 is 15.4 Å². The first-order valence-corrected chi connectivity index (χ1v) is 18.4. The molecule has 53 heavy (non-hydrogen) atoms. The summed E-state index contributed by atoms with van der Waals surface area (Å²) in [7, 11) is 1.48. The Morgan fingerprint density at radius 2 is 1.85 bits per heavy atom. The molecule has 2 bridgehead atoms. The van der Waals surface area contributed by atoms with Crippen LogP contribution in [-0.4, -0.2) is 53.3 Å². The second kappa shape index (κ2) is 16.8. The molecule has 1 spiro atoms. The van der Waals surface area contributed by atoms with Crippen molar-refractivity contribution in [1.29, 1.82) is 0 Å². The predicted octanol–water partition coefficient (Wildman–Crippen LogP) is 6.87. The molecule has 1 aromatic heterocycles. The molecule has 0 radical (unpaired) electrons. The molecule has 0 saturated carbocycles. The number of dihydropyridines is 1. The van der Waals surface area contributed by atoms with Crippen molar-refractivity contribution in [3.05, 3.63) is 125 Å². The minimum atomic E-state index is -0.594. The number of Topliss-reactive ketones (excluding diaryl/α,β-unsaturated/α-hetero) is 1. The number of ketones is 1. The Bertz CT molecular complexity index is 1990. The van der Waals surface area contributed by atoms with Gasteiger partial charge >= 0.3 is 5.97 Å². The number of methoxy groups -OCH3 is 1. The number of benzene rings is 2. The molecule has 2 aromatic carbocycles. The third-order valence-corrected chi connectivity index (χ3v) is 10.7. The van der Waals surface area contributed by atoms with E-state index in [0.717, 1.165) is 28.9 Å². The van der Waals surface area contributed by atoms with Crippen molar-refractivity contribution in [3.8, 4) is 29.1 Å². The predicted molar refractivity (Wildman–Crippen MR) is 205 cm³/mol. The van der Waals surface area contributed by atoms with E-state index < -0.39 is 18.0 Å². The van der Waals surface area contributed by atoms with Gasteiger partial charge in [-0.05, 0) is 95.2 Å². The van der Waals surface area contributed by atoms with Crippen molar-refractivity contribution in [2.75, 3.05) is 20.2 Å². The minimum absolute atomic E-state index is 0.00347. The van der Waals surface area contributed by atoms with Gasteiger partial charge in [0.25, 0.3) is 0 Å². The van der Waals surface area contributed by atoms with E-state index in [1.54, 1.807) is 24.3 Å². The molecular formula is C44H49N3O6. The van der Waals surface area contributed by atoms with Crippen LogP contribution in [0.2, 0.25) is 0 Å². The fourth-order valence-electron chi connectivity index (χ4n) is 7.79. The Balaban J connectivity index is 1.40. The van der Waals surface area contributed by atoms with Crippen molar-refractivity contribution in [3.63, 3.8) is 0 Å². The molecule has 9 heteroatoms. The Morgan fingerprint density at radius 3 is 2.64 bits per heavy atom. The number of allylic oxidation sites excluding steroid dienone is 6. The van der Waals surface area contributed by atoms with Gasteiger partial charge in [0, 0.05) is 44.6 Å². The number of rotatable bonds is 4. The number of esters is 1. The molecule has 3 aliphatic rings. The highest BCUT2D eigenvalue weighted by Crippen LogP contribution is 2.44. The summed E-state index contributed by atoms with van der Waals surface area (Å²) in [6.07, 6.45) is 19.4. The van der Waals surface area contributed by atoms with Gasteiger partial charge < -0.3 is 35.3 Å². The van der Waals surface area contributed by atoms with Crippen molar-refractivity contribution in [2.45, 2.75) is 70.3 Å². The van der Waals surface area contributed by atoms with Gasteiger partial charge in [0.1, 0.15) is 17.6 Å². The number of ether oxygens (including phenoxy) is 2. The number of aromatic nitrogens is 1. The molecule has 276 valence electrons. The summed E-state index contributed by atoms with van der Waals surface area (Å²) in [5.41, 5.74) is 5.01. The van der Waals surface area contributed by atoms with Gasteiger partial charge in [-0.25, -0.2) is 0 Å². The van der Waals surface area contributed by atoms with Crippen LogP contribution in [0.15, 0.2) is 103 Å². The molecule has 1 aliphatic carbocycles. The number of aromatic hydroxyl groups is 2. The van der Waals surface area contributed by atoms with Gasteiger partial charge in [-0.15, -0.1) is 0 Å². The summed E-state index contributed by atoms with van der Waals surface area (Å²) >= 11 is 0. The molecule has 0 fully saturated rings. The highest BCUT2D eigenvalue weighted by atomic mass is 16.5. The lowest BCUT2D eigenvalue weighted by atomic mass is 9.66. The van der Waals surface area contributed by atoms with E-state index in [-0.39, 0.29) is 47.4 Å². The summed E-state index contributed by atoms with van der Waals surface area (Å²) in [6, 6.07) is 12.5. The normalized spacial score (nSPS) is 25.0. The third-order valence-electron chi connectivity index (χ3n) is 10.7. The average molecular weight is 716 g/mol. The van der Waals surface area contributed by atoms with Gasteiger partial charge in [-0.2, -0.15) is 0 Å². The van der Waals surface area contributed by atoms with E-state index >= 15 is 0 Å². The molecule has 9 nitrogen and oxygen atoms in total. The fraction of sp³-hybridized carbons (Fsp3) is 0.364. The first-order valence-electron chi connectivity index (χ1n) is 18.4. The molecular weight excluding hydrogens is 666 g/mol. The molecule has 0 unspecified atom stereocenters. The number of nitrogens with one attached hydrogen (secondary N) is 3. The lowest BCUT2D eigenvalue weighted by Crippen LogP contribution is -2.32. The van der Waals surface area contributed by atoms with Crippen LogP contribution in [0.4, 0.5) is 0 Å². The SMILES string of the molecule is COc1cc([C@H]2C#CCNC3=CC(=CCN3)[C@@H](c3cccc(O)c3)Cc3c[nH]cc3C[C@]3(C=CC=C[C@H]3C)CC[C@@H](OC(C)=O)CC(=O)C2)ccc1O. The zero-order valence-electron chi connectivity index (χ0n) is 30.7. The molecule has 3 heterocycles. The molecule has 0 amide bonds. The lowest BCUT2D eigenvalue weighted by molar-refractivity contribution is -0.148. The zero-order chi connectivity index (χ0) is 37.4. The second-order valence-corrected chi connectivity index (χ2v) is 14.3. The van der Waals surface area contributed by atoms with Crippen LogP contribution in [0.25, 0.3) is 0 Å². The van der Waals surface area contributed by atoms with Gasteiger partial charge in [-0.1, -0.05) is 67.3 Å². The summed E-state index contributed by atoms with van der Waals surface area (Å²) < 4.78 is 11.2. The van der Waals surface area contributed by atoms with E-state index in [2.05, 4.69) is 89.3 Å². The summed E-state index contributed by atoms with van der Waals surface area (Å²) in [4.78, 5) is 29.5. The van der Waals surface area contributed by atoms with Crippen LogP contribution in [0, 0.1) is 23.2 Å². The van der Waals surface area contributed by atoms with E-state index in [1.807, 2.05) is 12.1 Å². The number of carbonyl (C=O) groups excluding carboxylic acids is 2. The van der Waals surface area contributed by atoms with Crippen LogP contribution >= 0.6 is 0 Å². The van der Waals surface area contributed by atoms with Crippen LogP contribution in [-0.2, 0) is 27.2 Å². The van der Waals surface area contributed by atoms with Crippen molar-refractivity contribution < 1.29 is 29.3 Å². The number of fused-ring (bicyclic) bond motifs is 2. The molecule has 5 N–H and O–H groups in total. The summed E-state index contributed by atoms with van der Waals surface area (Å²) in [6.45, 7) is 4.56. The van der Waals surface area contributed by atoms with Crippen LogP contribution in [0.5, 0.6) is 17.2 Å². The largest absolute Gasteiger partial charge is 0.508 e. The molecule has 5 atom stereocenters. The van der Waals surface area contributed by atoms with Gasteiger partial charge in [0.05, 0.1) is 25.4 Å². The maximum absolute atomic E-state index is 13.8. The van der Waals surface area contributed by atoms with E-state index in [9.17, 15) is 19.8 Å². The van der Waals surface area contributed by atoms with Crippen LogP contribution in [0.1, 0.15) is 73.6 Å². The number of H-pyrrole nitrogens is 1. The number of phenols is 2. The van der Waals surface area contributed by atoms with Crippen LogP contribution in [0.3, 0.4) is 0 Å². The van der Waals surface area contributed by atoms with E-state index in [0.29, 0.717) is 38.1 Å². The zero-order valence-corrected chi connectivity index (χ0v) is 30.7. The first kappa shape index (κ1) is 37.1. The standard InChI is InChI=1S/C44H49N3O6/c1-29-8-4-5-16-44(29)17-14-39(53-30(2)48)25-38(50)20-31(32-12-13-41(51)42(23-32)52-3)10-7-18-46-43-24-34(15-19-47-43)40(33-9-6-11-37(49)21-33)22-35-27-45-28-36(35)26-44/h4-6,8-9,11-13,15-16,21,23-24,27-29,31,39-40,45-47,49,51H,14,17-20,22,25-26H2,1-3H3/t29-,31+,39-,40-,44+/m1/s1. The lowest BCUT2D eigenvalue weighted by Gasteiger charge is -2.38. The molecule has 2 aliphatic heterocycles. The van der Waals surface area contributed by atoms with Gasteiger partial charge in [-0.3, -0.25) is 9.59 Å². The van der Waals surface area contributed by atoms with Crippen molar-refractivity contribution in [1.82, 2.24) is 15.6 Å². The number of phenolic OH excluding ortho intramolecular Hbond substituents is 2. The van der Waals surface area contributed by atoms with Crippen molar-refractivity contribution in [2.24, 2.45) is 11.3 Å². The average Bonchev–Trinajstić information content (AvgIpc) is 3.57. The van der Waals surface area contributed by atoms with Gasteiger partial charge in [0.2, 0.25) is 0 Å². The van der Waals surface area contributed by atoms with E-state index in [4.69, 9.17) is 9.47 Å². The van der Waals surface area contributed by atoms with E-state index in [1.165, 1.54) is 25.2 Å². The minimum Gasteiger partial charge on any atom is -0.508 e. The third kappa shape index (κ3) is 9.25. The molecule has 0 saturated heterocycles. The molecule has 3 aromatic rings. The maximum Gasteiger partial charge on any atom is 0.302 e.